The highest BCUT2D eigenvalue weighted by atomic mass is 31.2. The average molecular weight is 662 g/mol. The largest absolute Gasteiger partial charge is 0.472 e. The molecule has 0 spiro atoms. The molecule has 0 saturated heterocycles. The van der Waals surface area contributed by atoms with Crippen LogP contribution >= 0.6 is 7.82 Å². The number of carbonyl (C=O) groups is 1. The van der Waals surface area contributed by atoms with E-state index in [-0.39, 0.29) is 32.3 Å². The molecule has 268 valence electrons. The van der Waals surface area contributed by atoms with Crippen molar-refractivity contribution in [2.24, 2.45) is 5.73 Å². The Balaban J connectivity index is 4.08. The summed E-state index contributed by atoms with van der Waals surface area (Å²) in [7, 11) is -4.26. The first-order valence-electron chi connectivity index (χ1n) is 18.7. The van der Waals surface area contributed by atoms with Crippen LogP contribution in [0.3, 0.4) is 0 Å². The van der Waals surface area contributed by atoms with Gasteiger partial charge in [0.2, 0.25) is 0 Å². The van der Waals surface area contributed by atoms with Gasteiger partial charge in [-0.3, -0.25) is 13.8 Å². The Morgan fingerprint density at radius 3 is 1.67 bits per heavy atom. The van der Waals surface area contributed by atoms with Crippen molar-refractivity contribution in [3.63, 3.8) is 0 Å². The minimum Gasteiger partial charge on any atom is -0.457 e. The number of hydrogen-bond acceptors (Lipinski definition) is 7. The quantitative estimate of drug-likeness (QED) is 0.0295. The van der Waals surface area contributed by atoms with E-state index in [2.05, 4.69) is 26.0 Å². The van der Waals surface area contributed by atoms with Gasteiger partial charge in [-0.05, 0) is 38.5 Å². The molecule has 3 N–H and O–H groups in total. The lowest BCUT2D eigenvalue weighted by molar-refractivity contribution is -0.154. The highest BCUT2D eigenvalue weighted by molar-refractivity contribution is 7.47. The number of hydrogen-bond donors (Lipinski definition) is 2. The molecule has 8 nitrogen and oxygen atoms in total. The van der Waals surface area contributed by atoms with Gasteiger partial charge in [0.1, 0.15) is 6.10 Å². The maximum Gasteiger partial charge on any atom is 0.472 e. The van der Waals surface area contributed by atoms with E-state index in [0.717, 1.165) is 44.9 Å². The monoisotopic (exact) mass is 662 g/mol. The Labute approximate surface area is 277 Å². The Morgan fingerprint density at radius 2 is 1.11 bits per heavy atom. The van der Waals surface area contributed by atoms with Gasteiger partial charge in [-0.25, -0.2) is 4.57 Å². The lowest BCUT2D eigenvalue weighted by atomic mass is 10.0. The minimum absolute atomic E-state index is 0.0941. The number of phosphoric ester groups is 1. The zero-order chi connectivity index (χ0) is 33.1. The van der Waals surface area contributed by atoms with Crippen LogP contribution in [0.15, 0.2) is 12.2 Å². The molecule has 0 rings (SSSR count). The molecule has 2 atom stereocenters. The van der Waals surface area contributed by atoms with Gasteiger partial charge in [-0.15, -0.1) is 0 Å². The van der Waals surface area contributed by atoms with Crippen molar-refractivity contribution >= 4 is 13.8 Å². The number of nitrogens with two attached hydrogens (primary N) is 1. The lowest BCUT2D eigenvalue weighted by Crippen LogP contribution is -2.28. The summed E-state index contributed by atoms with van der Waals surface area (Å²) in [5, 5.41) is 0. The second-order valence-electron chi connectivity index (χ2n) is 12.4. The summed E-state index contributed by atoms with van der Waals surface area (Å²) in [5.74, 6) is -0.339. The van der Waals surface area contributed by atoms with Crippen LogP contribution in [0.2, 0.25) is 0 Å². The highest BCUT2D eigenvalue weighted by Gasteiger charge is 2.25. The van der Waals surface area contributed by atoms with Crippen molar-refractivity contribution in [2.45, 2.75) is 180 Å². The highest BCUT2D eigenvalue weighted by Crippen LogP contribution is 2.43. The Hall–Kier alpha value is -0.760. The van der Waals surface area contributed by atoms with Crippen LogP contribution in [0.1, 0.15) is 174 Å². The van der Waals surface area contributed by atoms with Crippen molar-refractivity contribution in [3.8, 4) is 0 Å². The van der Waals surface area contributed by atoms with Crippen molar-refractivity contribution < 1.29 is 32.8 Å². The average Bonchev–Trinajstić information content (AvgIpc) is 3.02. The summed E-state index contributed by atoms with van der Waals surface area (Å²) in [6.45, 7) is 4.90. The van der Waals surface area contributed by atoms with Gasteiger partial charge in [0.15, 0.2) is 0 Å². The molecule has 2 unspecified atom stereocenters. The molecule has 0 aliphatic carbocycles. The predicted molar refractivity (Wildman–Crippen MR) is 187 cm³/mol. The van der Waals surface area contributed by atoms with Gasteiger partial charge in [0.25, 0.3) is 0 Å². The van der Waals surface area contributed by atoms with Crippen LogP contribution in [-0.2, 0) is 27.9 Å². The Kier molecular flexibility index (Phi) is 34.0. The van der Waals surface area contributed by atoms with E-state index >= 15 is 0 Å². The smallest absolute Gasteiger partial charge is 0.457 e. The van der Waals surface area contributed by atoms with E-state index in [1.165, 1.54) is 109 Å². The summed E-state index contributed by atoms with van der Waals surface area (Å²) in [5.41, 5.74) is 5.35. The molecule has 0 radical (unpaired) electrons. The summed E-state index contributed by atoms with van der Waals surface area (Å²) < 4.78 is 33.2. The first-order valence-corrected chi connectivity index (χ1v) is 20.2. The molecule has 0 bridgehead atoms. The van der Waals surface area contributed by atoms with Gasteiger partial charge in [0, 0.05) is 19.6 Å². The fraction of sp³-hybridized carbons (Fsp3) is 0.917. The maximum absolute atomic E-state index is 12.5. The van der Waals surface area contributed by atoms with Gasteiger partial charge in [0.05, 0.1) is 19.8 Å². The van der Waals surface area contributed by atoms with Crippen molar-refractivity contribution in [2.75, 3.05) is 33.0 Å². The molecule has 0 heterocycles. The standard InChI is InChI=1S/C36H72NO7P/c1-3-5-7-9-11-13-15-17-18-20-22-24-26-28-31-41-33-35(34-43-45(39,40)42-32-30-37)44-36(38)29-27-25-23-21-19-16-14-12-10-8-6-4-2/h12,14,35H,3-11,13,15-34,37H2,1-2H3,(H,39,40)/b14-12-. The van der Waals surface area contributed by atoms with Gasteiger partial charge >= 0.3 is 13.8 Å². The second kappa shape index (κ2) is 34.6. The van der Waals surface area contributed by atoms with Gasteiger partial charge in [-0.1, -0.05) is 142 Å². The summed E-state index contributed by atoms with van der Waals surface area (Å²) >= 11 is 0. The minimum atomic E-state index is -4.26. The van der Waals surface area contributed by atoms with E-state index in [9.17, 15) is 14.3 Å². The Bertz CT molecular complexity index is 707. The zero-order valence-electron chi connectivity index (χ0n) is 29.4. The van der Waals surface area contributed by atoms with Gasteiger partial charge < -0.3 is 20.1 Å². The molecule has 45 heavy (non-hydrogen) atoms. The number of unbranched alkanes of at least 4 members (excludes halogenated alkanes) is 21. The SMILES string of the molecule is CCCCC/C=C\CCCCCCCC(=O)OC(COCCCCCCCCCCCCCCCC)COP(=O)(O)OCCN. The first kappa shape index (κ1) is 44.2. The number of esters is 1. The fourth-order valence-corrected chi connectivity index (χ4v) is 5.93. The fourth-order valence-electron chi connectivity index (χ4n) is 5.17. The molecule has 0 amide bonds. The molecule has 0 aromatic rings. The molecule has 0 aliphatic heterocycles. The molecule has 9 heteroatoms. The number of allylic oxidation sites excluding steroid dienone is 2. The topological polar surface area (TPSA) is 117 Å². The molecular weight excluding hydrogens is 589 g/mol. The van der Waals surface area contributed by atoms with E-state index < -0.39 is 13.9 Å². The second-order valence-corrected chi connectivity index (χ2v) is 13.9. The van der Waals surface area contributed by atoms with E-state index in [1.54, 1.807) is 0 Å². The van der Waals surface area contributed by atoms with Crippen molar-refractivity contribution in [1.29, 1.82) is 0 Å². The van der Waals surface area contributed by atoms with Crippen LogP contribution in [0, 0.1) is 0 Å². The summed E-state index contributed by atoms with van der Waals surface area (Å²) in [6.07, 6.45) is 33.6. The lowest BCUT2D eigenvalue weighted by Gasteiger charge is -2.20. The molecule has 0 aliphatic rings. The van der Waals surface area contributed by atoms with Crippen LogP contribution in [0.25, 0.3) is 0 Å². The number of carbonyl (C=O) groups excluding carboxylic acids is 1. The van der Waals surface area contributed by atoms with E-state index in [0.29, 0.717) is 13.0 Å². The zero-order valence-corrected chi connectivity index (χ0v) is 30.3. The van der Waals surface area contributed by atoms with Crippen LogP contribution in [0.5, 0.6) is 0 Å². The summed E-state index contributed by atoms with van der Waals surface area (Å²) in [4.78, 5) is 22.3. The van der Waals surface area contributed by atoms with Crippen molar-refractivity contribution in [3.05, 3.63) is 12.2 Å². The third-order valence-electron chi connectivity index (χ3n) is 7.93. The van der Waals surface area contributed by atoms with E-state index in [1.807, 2.05) is 0 Å². The van der Waals surface area contributed by atoms with Crippen LogP contribution < -0.4 is 5.73 Å². The third kappa shape index (κ3) is 34.4. The molecule has 0 aromatic carbocycles. The maximum atomic E-state index is 12.5. The van der Waals surface area contributed by atoms with Crippen LogP contribution in [0.4, 0.5) is 0 Å². The van der Waals surface area contributed by atoms with E-state index in [4.69, 9.17) is 24.3 Å². The van der Waals surface area contributed by atoms with Gasteiger partial charge in [-0.2, -0.15) is 0 Å². The molecular formula is C36H72NO7P. The molecule has 0 saturated carbocycles. The Morgan fingerprint density at radius 1 is 0.644 bits per heavy atom. The number of rotatable bonds is 36. The predicted octanol–water partition coefficient (Wildman–Crippen LogP) is 10.4. The molecule has 0 fully saturated rings. The first-order chi connectivity index (χ1) is 21.9. The number of phosphoric acid groups is 1. The normalized spacial score (nSPS) is 13.8. The van der Waals surface area contributed by atoms with Crippen molar-refractivity contribution in [1.82, 2.24) is 0 Å². The van der Waals surface area contributed by atoms with Crippen LogP contribution in [-0.4, -0.2) is 49.9 Å². The summed E-state index contributed by atoms with van der Waals surface area (Å²) in [6, 6.07) is 0. The third-order valence-corrected chi connectivity index (χ3v) is 8.92. The molecule has 0 aromatic heterocycles. The number of ether oxygens (including phenoxy) is 2.